The molecule has 2 fully saturated rings. The van der Waals surface area contributed by atoms with E-state index in [0.717, 1.165) is 5.69 Å². The topological polar surface area (TPSA) is 76.2 Å². The Bertz CT molecular complexity index is 1120. The van der Waals surface area contributed by atoms with Crippen LogP contribution < -0.4 is 10.2 Å². The number of rotatable bonds is 6. The maximum atomic E-state index is 13.8. The molecule has 4 rings (SSSR count). The van der Waals surface area contributed by atoms with Crippen molar-refractivity contribution in [2.45, 2.75) is 32.2 Å². The van der Waals surface area contributed by atoms with Crippen LogP contribution in [0.1, 0.15) is 26.7 Å². The molecule has 8 nitrogen and oxygen atoms in total. The zero-order valence-corrected chi connectivity index (χ0v) is 22.1. The number of urea groups is 1. The fourth-order valence-electron chi connectivity index (χ4n) is 5.03. The molecule has 2 aliphatic heterocycles. The van der Waals surface area contributed by atoms with Gasteiger partial charge in [0, 0.05) is 36.9 Å². The summed E-state index contributed by atoms with van der Waals surface area (Å²) in [6.07, 6.45) is 0.914. The van der Waals surface area contributed by atoms with Gasteiger partial charge in [-0.15, -0.1) is 0 Å². The van der Waals surface area contributed by atoms with Crippen LogP contribution in [0.3, 0.4) is 0 Å². The lowest BCUT2D eigenvalue weighted by molar-refractivity contribution is -0.140. The van der Waals surface area contributed by atoms with Crippen LogP contribution >= 0.6 is 23.2 Å². The summed E-state index contributed by atoms with van der Waals surface area (Å²) in [6, 6.07) is 14.4. The third kappa shape index (κ3) is 5.11. The van der Waals surface area contributed by atoms with Crippen molar-refractivity contribution in [3.8, 4) is 0 Å². The van der Waals surface area contributed by atoms with Crippen molar-refractivity contribution < 1.29 is 14.4 Å². The molecule has 2 aromatic rings. The van der Waals surface area contributed by atoms with E-state index in [2.05, 4.69) is 10.2 Å². The van der Waals surface area contributed by atoms with E-state index < -0.39 is 5.54 Å². The molecule has 4 amide bonds. The van der Waals surface area contributed by atoms with E-state index in [0.29, 0.717) is 61.4 Å². The van der Waals surface area contributed by atoms with Gasteiger partial charge in [-0.1, -0.05) is 41.4 Å². The van der Waals surface area contributed by atoms with Crippen LogP contribution in [0.5, 0.6) is 0 Å². The van der Waals surface area contributed by atoms with Gasteiger partial charge < -0.3 is 24.9 Å². The van der Waals surface area contributed by atoms with Gasteiger partial charge in [-0.05, 0) is 57.0 Å². The Hall–Kier alpha value is -2.97. The third-order valence-corrected chi connectivity index (χ3v) is 7.62. The number of hydrogen-bond donors (Lipinski definition) is 1. The predicted octanol–water partition coefficient (Wildman–Crippen LogP) is 4.53. The SMILES string of the molecule is CCN(CC)C(=O)CN1CN(c2ccccc2)C2(CCN(C(=O)Nc3ccc(Cl)cc3Cl)CC2)C1=O. The number of halogens is 2. The van der Waals surface area contributed by atoms with Crippen LogP contribution in [-0.2, 0) is 9.59 Å². The highest BCUT2D eigenvalue weighted by Gasteiger charge is 2.54. The first-order chi connectivity index (χ1) is 17.3. The summed E-state index contributed by atoms with van der Waals surface area (Å²) in [5.41, 5.74) is 0.601. The van der Waals surface area contributed by atoms with Gasteiger partial charge in [0.15, 0.2) is 0 Å². The number of nitrogens with one attached hydrogen (secondary N) is 1. The van der Waals surface area contributed by atoms with Gasteiger partial charge in [-0.3, -0.25) is 9.59 Å². The molecule has 0 saturated carbocycles. The largest absolute Gasteiger partial charge is 0.342 e. The number of amides is 4. The molecule has 0 unspecified atom stereocenters. The first kappa shape index (κ1) is 26.1. The Labute approximate surface area is 221 Å². The average molecular weight is 532 g/mol. The predicted molar refractivity (Wildman–Crippen MR) is 142 cm³/mol. The number of likely N-dealkylation sites (tertiary alicyclic amines) is 1. The lowest BCUT2D eigenvalue weighted by Gasteiger charge is -2.43. The average Bonchev–Trinajstić information content (AvgIpc) is 3.13. The van der Waals surface area contributed by atoms with E-state index in [9.17, 15) is 14.4 Å². The lowest BCUT2D eigenvalue weighted by Crippen LogP contribution is -2.58. The van der Waals surface area contributed by atoms with Crippen molar-refractivity contribution in [1.29, 1.82) is 0 Å². The van der Waals surface area contributed by atoms with E-state index in [1.165, 1.54) is 0 Å². The van der Waals surface area contributed by atoms with Crippen molar-refractivity contribution in [3.05, 3.63) is 58.6 Å². The van der Waals surface area contributed by atoms with Crippen molar-refractivity contribution in [3.63, 3.8) is 0 Å². The molecule has 1 N–H and O–H groups in total. The molecule has 192 valence electrons. The number of likely N-dealkylation sites (N-methyl/N-ethyl adjacent to an activating group) is 1. The molecule has 10 heteroatoms. The first-order valence-electron chi connectivity index (χ1n) is 12.2. The second kappa shape index (κ2) is 11.0. The second-order valence-corrected chi connectivity index (χ2v) is 9.89. The van der Waals surface area contributed by atoms with Gasteiger partial charge >= 0.3 is 6.03 Å². The highest BCUT2D eigenvalue weighted by molar-refractivity contribution is 6.36. The molecule has 2 saturated heterocycles. The molecule has 0 radical (unpaired) electrons. The monoisotopic (exact) mass is 531 g/mol. The summed E-state index contributed by atoms with van der Waals surface area (Å²) < 4.78 is 0. The normalized spacial score (nSPS) is 17.0. The Morgan fingerprint density at radius 2 is 1.69 bits per heavy atom. The van der Waals surface area contributed by atoms with Gasteiger partial charge in [0.1, 0.15) is 12.1 Å². The minimum atomic E-state index is -0.806. The van der Waals surface area contributed by atoms with E-state index in [1.807, 2.05) is 44.2 Å². The van der Waals surface area contributed by atoms with Gasteiger partial charge in [0.05, 0.1) is 17.4 Å². The smallest absolute Gasteiger partial charge is 0.321 e. The Balaban J connectivity index is 1.51. The summed E-state index contributed by atoms with van der Waals surface area (Å²) >= 11 is 12.2. The zero-order chi connectivity index (χ0) is 25.9. The maximum Gasteiger partial charge on any atom is 0.321 e. The van der Waals surface area contributed by atoms with Crippen LogP contribution in [0.4, 0.5) is 16.2 Å². The van der Waals surface area contributed by atoms with Gasteiger partial charge in [0.2, 0.25) is 5.91 Å². The standard InChI is InChI=1S/C26H31Cl2N5O3/c1-3-30(4-2)23(34)17-32-18-33(20-8-6-5-7-9-20)26(24(32)35)12-14-31(15-13-26)25(36)29-22-11-10-19(27)16-21(22)28/h5-11,16H,3-4,12-15,17-18H2,1-2H3,(H,29,36). The van der Waals surface area contributed by atoms with Gasteiger partial charge in [-0.2, -0.15) is 0 Å². The molecule has 2 aromatic carbocycles. The van der Waals surface area contributed by atoms with E-state index in [-0.39, 0.29) is 24.4 Å². The number of carbonyl (C=O) groups is 3. The van der Waals surface area contributed by atoms with Crippen molar-refractivity contribution in [1.82, 2.24) is 14.7 Å². The minimum Gasteiger partial charge on any atom is -0.342 e. The van der Waals surface area contributed by atoms with Gasteiger partial charge in [-0.25, -0.2) is 4.79 Å². The second-order valence-electron chi connectivity index (χ2n) is 9.05. The summed E-state index contributed by atoms with van der Waals surface area (Å²) in [7, 11) is 0. The minimum absolute atomic E-state index is 0.0465. The summed E-state index contributed by atoms with van der Waals surface area (Å²) in [6.45, 7) is 6.24. The van der Waals surface area contributed by atoms with Crippen molar-refractivity contribution >= 4 is 52.4 Å². The fourth-order valence-corrected chi connectivity index (χ4v) is 5.48. The summed E-state index contributed by atoms with van der Waals surface area (Å²) in [5.74, 6) is -0.122. The zero-order valence-electron chi connectivity index (χ0n) is 20.5. The van der Waals surface area contributed by atoms with Crippen LogP contribution in [0.2, 0.25) is 10.0 Å². The molecular formula is C26H31Cl2N5O3. The van der Waals surface area contributed by atoms with E-state index in [1.54, 1.807) is 32.9 Å². The van der Waals surface area contributed by atoms with E-state index >= 15 is 0 Å². The molecular weight excluding hydrogens is 501 g/mol. The lowest BCUT2D eigenvalue weighted by atomic mass is 9.85. The molecule has 0 atom stereocenters. The number of para-hydroxylation sites is 1. The summed E-state index contributed by atoms with van der Waals surface area (Å²) in [4.78, 5) is 46.8. The molecule has 2 heterocycles. The van der Waals surface area contributed by atoms with Gasteiger partial charge in [0.25, 0.3) is 5.91 Å². The maximum absolute atomic E-state index is 13.8. The first-order valence-corrected chi connectivity index (χ1v) is 13.0. The molecule has 0 bridgehead atoms. The molecule has 0 aromatic heterocycles. The number of carbonyl (C=O) groups excluding carboxylic acids is 3. The van der Waals surface area contributed by atoms with Crippen LogP contribution in [0, 0.1) is 0 Å². The van der Waals surface area contributed by atoms with Crippen LogP contribution in [0.15, 0.2) is 48.5 Å². The highest BCUT2D eigenvalue weighted by Crippen LogP contribution is 2.39. The molecule has 0 aliphatic carbocycles. The van der Waals surface area contributed by atoms with Crippen LogP contribution in [-0.4, -0.2) is 77.5 Å². The molecule has 36 heavy (non-hydrogen) atoms. The molecule has 2 aliphatic rings. The number of anilines is 2. The van der Waals surface area contributed by atoms with Crippen molar-refractivity contribution in [2.24, 2.45) is 0 Å². The summed E-state index contributed by atoms with van der Waals surface area (Å²) in [5, 5.41) is 3.69. The Morgan fingerprint density at radius 3 is 2.31 bits per heavy atom. The Morgan fingerprint density at radius 1 is 1.03 bits per heavy atom. The number of piperidine rings is 1. The quantitative estimate of drug-likeness (QED) is 0.593. The number of benzene rings is 2. The molecule has 1 spiro atoms. The fraction of sp³-hybridized carbons (Fsp3) is 0.423. The number of hydrogen-bond acceptors (Lipinski definition) is 4. The Kier molecular flexibility index (Phi) is 7.95. The highest BCUT2D eigenvalue weighted by atomic mass is 35.5. The van der Waals surface area contributed by atoms with Crippen LogP contribution in [0.25, 0.3) is 0 Å². The number of nitrogens with zero attached hydrogens (tertiary/aromatic N) is 4. The van der Waals surface area contributed by atoms with E-state index in [4.69, 9.17) is 23.2 Å². The third-order valence-electron chi connectivity index (χ3n) is 7.07. The van der Waals surface area contributed by atoms with Crippen molar-refractivity contribution in [2.75, 3.05) is 49.6 Å².